The Morgan fingerprint density at radius 3 is 2.34 bits per heavy atom. The van der Waals surface area contributed by atoms with Gasteiger partial charge in [0.2, 0.25) is 5.75 Å². The first-order chi connectivity index (χ1) is 17.0. The summed E-state index contributed by atoms with van der Waals surface area (Å²) in [5, 5.41) is 5.69. The van der Waals surface area contributed by atoms with Crippen molar-refractivity contribution in [3.63, 3.8) is 0 Å². The Labute approximate surface area is 202 Å². The molecule has 3 heterocycles. The molecule has 0 radical (unpaired) electrons. The monoisotopic (exact) mass is 482 g/mol. The Kier molecular flexibility index (Phi) is 7.39. The highest BCUT2D eigenvalue weighted by Crippen LogP contribution is 2.38. The summed E-state index contributed by atoms with van der Waals surface area (Å²) in [4.78, 5) is 25.3. The number of benzene rings is 1. The van der Waals surface area contributed by atoms with Crippen LogP contribution in [0.2, 0.25) is 0 Å². The molecular weight excluding hydrogens is 456 g/mol. The van der Waals surface area contributed by atoms with Gasteiger partial charge in [-0.15, -0.1) is 0 Å². The summed E-state index contributed by atoms with van der Waals surface area (Å²) in [6, 6.07) is 10.1. The van der Waals surface area contributed by atoms with Crippen molar-refractivity contribution in [3.8, 4) is 17.2 Å². The second-order valence-electron chi connectivity index (χ2n) is 7.69. The molecule has 3 aromatic rings. The van der Waals surface area contributed by atoms with Crippen LogP contribution in [0.1, 0.15) is 36.0 Å². The molecule has 0 spiro atoms. The van der Waals surface area contributed by atoms with Crippen molar-refractivity contribution in [1.29, 1.82) is 0 Å². The quantitative estimate of drug-likeness (QED) is 0.402. The van der Waals surface area contributed by atoms with Crippen LogP contribution in [0.4, 0.5) is 0 Å². The van der Waals surface area contributed by atoms with E-state index in [1.165, 1.54) is 32.6 Å². The van der Waals surface area contributed by atoms with Gasteiger partial charge in [-0.2, -0.15) is 5.10 Å². The topological polar surface area (TPSA) is 113 Å². The SMILES string of the molecule is COc1cc(CCC(=O)OCC(=O)N2N=C(c3ccco3)CC2c2ccco2)cc(OC)c1OC. The van der Waals surface area contributed by atoms with E-state index in [4.69, 9.17) is 27.8 Å². The summed E-state index contributed by atoms with van der Waals surface area (Å²) < 4.78 is 32.2. The van der Waals surface area contributed by atoms with Gasteiger partial charge in [0.25, 0.3) is 5.91 Å². The molecule has 0 bridgehead atoms. The number of hydrazone groups is 1. The maximum Gasteiger partial charge on any atom is 0.306 e. The molecular formula is C25H26N2O8. The fourth-order valence-corrected chi connectivity index (χ4v) is 3.84. The lowest BCUT2D eigenvalue weighted by molar-refractivity contribution is -0.152. The van der Waals surface area contributed by atoms with Gasteiger partial charge in [0.1, 0.15) is 23.3 Å². The Bertz CT molecular complexity index is 1160. The first-order valence-corrected chi connectivity index (χ1v) is 10.9. The van der Waals surface area contributed by atoms with E-state index >= 15 is 0 Å². The van der Waals surface area contributed by atoms with Gasteiger partial charge in [-0.3, -0.25) is 9.59 Å². The van der Waals surface area contributed by atoms with Crippen molar-refractivity contribution in [2.75, 3.05) is 27.9 Å². The Morgan fingerprint density at radius 1 is 1.03 bits per heavy atom. The number of esters is 1. The molecule has 2 aromatic heterocycles. The smallest absolute Gasteiger partial charge is 0.306 e. The van der Waals surface area contributed by atoms with Gasteiger partial charge < -0.3 is 27.8 Å². The molecule has 1 unspecified atom stereocenters. The van der Waals surface area contributed by atoms with Gasteiger partial charge in [-0.25, -0.2) is 5.01 Å². The summed E-state index contributed by atoms with van der Waals surface area (Å²) in [5.41, 5.74) is 1.41. The zero-order valence-electron chi connectivity index (χ0n) is 19.7. The standard InChI is InChI=1S/C25H26N2O8/c1-30-21-12-16(13-22(31-2)25(21)32-3)8-9-24(29)35-15-23(28)27-18(20-7-5-11-34-20)14-17(26-27)19-6-4-10-33-19/h4-7,10-13,18H,8-9,14-15H2,1-3H3. The predicted molar refractivity (Wildman–Crippen MR) is 124 cm³/mol. The second-order valence-corrected chi connectivity index (χ2v) is 7.69. The van der Waals surface area contributed by atoms with Crippen molar-refractivity contribution in [1.82, 2.24) is 5.01 Å². The van der Waals surface area contributed by atoms with Crippen LogP contribution in [0, 0.1) is 0 Å². The zero-order valence-corrected chi connectivity index (χ0v) is 19.7. The fourth-order valence-electron chi connectivity index (χ4n) is 3.84. The fraction of sp³-hybridized carbons (Fsp3) is 0.320. The summed E-state index contributed by atoms with van der Waals surface area (Å²) in [5.74, 6) is 1.63. The van der Waals surface area contributed by atoms with Crippen LogP contribution in [-0.4, -0.2) is 50.5 Å². The number of ether oxygens (including phenoxy) is 4. The molecule has 1 aromatic carbocycles. The van der Waals surface area contributed by atoms with Gasteiger partial charge in [-0.1, -0.05) is 0 Å². The normalized spacial score (nSPS) is 15.0. The van der Waals surface area contributed by atoms with E-state index in [1.54, 1.807) is 42.7 Å². The number of methoxy groups -OCH3 is 3. The molecule has 1 aliphatic rings. The molecule has 10 nitrogen and oxygen atoms in total. The van der Waals surface area contributed by atoms with Crippen molar-refractivity contribution in [2.24, 2.45) is 5.10 Å². The van der Waals surface area contributed by atoms with E-state index in [2.05, 4.69) is 5.10 Å². The first kappa shape index (κ1) is 23.9. The molecule has 184 valence electrons. The summed E-state index contributed by atoms with van der Waals surface area (Å²) in [6.45, 7) is -0.444. The molecule has 1 aliphatic heterocycles. The highest BCUT2D eigenvalue weighted by Gasteiger charge is 2.36. The molecule has 0 aliphatic carbocycles. The number of hydrogen-bond donors (Lipinski definition) is 0. The third-order valence-corrected chi connectivity index (χ3v) is 5.54. The molecule has 1 atom stereocenters. The predicted octanol–water partition coefficient (Wildman–Crippen LogP) is 3.75. The van der Waals surface area contributed by atoms with Crippen LogP contribution >= 0.6 is 0 Å². The minimum Gasteiger partial charge on any atom is -0.493 e. The third-order valence-electron chi connectivity index (χ3n) is 5.54. The Morgan fingerprint density at radius 2 is 1.74 bits per heavy atom. The number of furan rings is 2. The van der Waals surface area contributed by atoms with Crippen LogP contribution in [0.3, 0.4) is 0 Å². The maximum absolute atomic E-state index is 12.9. The van der Waals surface area contributed by atoms with Gasteiger partial charge >= 0.3 is 5.97 Å². The van der Waals surface area contributed by atoms with Crippen LogP contribution in [-0.2, 0) is 20.7 Å². The van der Waals surface area contributed by atoms with Crippen LogP contribution < -0.4 is 14.2 Å². The molecule has 1 amide bonds. The van der Waals surface area contributed by atoms with E-state index in [-0.39, 0.29) is 6.42 Å². The number of aryl methyl sites for hydroxylation is 1. The van der Waals surface area contributed by atoms with E-state index in [9.17, 15) is 9.59 Å². The largest absolute Gasteiger partial charge is 0.493 e. The first-order valence-electron chi connectivity index (χ1n) is 10.9. The molecule has 0 fully saturated rings. The second kappa shape index (κ2) is 10.8. The zero-order chi connectivity index (χ0) is 24.8. The van der Waals surface area contributed by atoms with Crippen molar-refractivity contribution in [2.45, 2.75) is 25.3 Å². The third kappa shape index (κ3) is 5.32. The van der Waals surface area contributed by atoms with Crippen molar-refractivity contribution >= 4 is 17.6 Å². The molecule has 4 rings (SSSR count). The number of amides is 1. The number of hydrogen-bond acceptors (Lipinski definition) is 9. The molecule has 0 saturated heterocycles. The molecule has 35 heavy (non-hydrogen) atoms. The molecule has 0 saturated carbocycles. The van der Waals surface area contributed by atoms with Gasteiger partial charge in [0.05, 0.1) is 33.9 Å². The minimum atomic E-state index is -0.518. The van der Waals surface area contributed by atoms with Crippen molar-refractivity contribution < 1.29 is 37.4 Å². The lowest BCUT2D eigenvalue weighted by Gasteiger charge is -2.19. The van der Waals surface area contributed by atoms with Gasteiger partial charge in [0, 0.05) is 12.8 Å². The molecule has 0 N–H and O–H groups in total. The van der Waals surface area contributed by atoms with E-state index in [0.29, 0.717) is 47.3 Å². The Balaban J connectivity index is 1.37. The van der Waals surface area contributed by atoms with Crippen LogP contribution in [0.5, 0.6) is 17.2 Å². The van der Waals surface area contributed by atoms with Crippen LogP contribution in [0.15, 0.2) is 62.9 Å². The Hall–Kier alpha value is -4.21. The number of carbonyl (C=O) groups is 2. The minimum absolute atomic E-state index is 0.0639. The van der Waals surface area contributed by atoms with E-state index in [1.807, 2.05) is 0 Å². The van der Waals surface area contributed by atoms with Gasteiger partial charge in [-0.05, 0) is 48.4 Å². The molecule has 10 heteroatoms. The average Bonchev–Trinajstić information content (AvgIpc) is 3.66. The summed E-state index contributed by atoms with van der Waals surface area (Å²) in [6.07, 6.45) is 3.92. The number of nitrogens with zero attached hydrogens (tertiary/aromatic N) is 2. The summed E-state index contributed by atoms with van der Waals surface area (Å²) in [7, 11) is 4.57. The maximum atomic E-state index is 12.9. The van der Waals surface area contributed by atoms with E-state index in [0.717, 1.165) is 5.56 Å². The average molecular weight is 482 g/mol. The number of rotatable bonds is 10. The van der Waals surface area contributed by atoms with Gasteiger partial charge in [0.15, 0.2) is 18.1 Å². The highest BCUT2D eigenvalue weighted by molar-refractivity contribution is 6.01. The summed E-state index contributed by atoms with van der Waals surface area (Å²) >= 11 is 0. The van der Waals surface area contributed by atoms with Crippen LogP contribution in [0.25, 0.3) is 0 Å². The lowest BCUT2D eigenvalue weighted by Crippen LogP contribution is -2.31. The highest BCUT2D eigenvalue weighted by atomic mass is 16.5. The number of carbonyl (C=O) groups excluding carboxylic acids is 2. The van der Waals surface area contributed by atoms with Crippen molar-refractivity contribution in [3.05, 3.63) is 66.0 Å². The van der Waals surface area contributed by atoms with E-state index < -0.39 is 24.5 Å². The lowest BCUT2D eigenvalue weighted by atomic mass is 10.1.